The van der Waals surface area contributed by atoms with E-state index in [1.807, 2.05) is 0 Å². The minimum atomic E-state index is 0.275. The Hall–Kier alpha value is -1.56. The molecule has 0 aromatic heterocycles. The lowest BCUT2D eigenvalue weighted by atomic mass is 9.69. The summed E-state index contributed by atoms with van der Waals surface area (Å²) in [4.78, 5) is 0. The van der Waals surface area contributed by atoms with Crippen LogP contribution >= 0.6 is 0 Å². The highest BCUT2D eigenvalue weighted by atomic mass is 14.3. The van der Waals surface area contributed by atoms with Crippen LogP contribution in [0.1, 0.15) is 50.7 Å². The van der Waals surface area contributed by atoms with E-state index in [-0.39, 0.29) is 5.41 Å². The van der Waals surface area contributed by atoms with E-state index >= 15 is 0 Å². The second-order valence-corrected chi connectivity index (χ2v) is 5.99. The summed E-state index contributed by atoms with van der Waals surface area (Å²) in [5.74, 6) is 0.467. The molecule has 2 rings (SSSR count). The summed E-state index contributed by atoms with van der Waals surface area (Å²) in [6.45, 7) is 7.05. The fraction of sp³-hybridized carbons (Fsp3) is 0.368. The highest BCUT2D eigenvalue weighted by Crippen LogP contribution is 2.43. The van der Waals surface area contributed by atoms with Gasteiger partial charge in [0.05, 0.1) is 0 Å². The van der Waals surface area contributed by atoms with E-state index in [1.165, 1.54) is 24.0 Å². The number of rotatable bonds is 5. The molecule has 2 aromatic rings. The van der Waals surface area contributed by atoms with Gasteiger partial charge in [0.15, 0.2) is 0 Å². The normalized spacial score (nSPS) is 11.8. The lowest BCUT2D eigenvalue weighted by Gasteiger charge is -2.35. The molecule has 100 valence electrons. The smallest absolute Gasteiger partial charge is 0.0140 e. The van der Waals surface area contributed by atoms with Gasteiger partial charge in [-0.05, 0) is 23.0 Å². The Kier molecular flexibility index (Phi) is 4.42. The van der Waals surface area contributed by atoms with E-state index < -0.39 is 0 Å². The molecule has 0 spiro atoms. The van der Waals surface area contributed by atoms with Crippen molar-refractivity contribution in [1.82, 2.24) is 0 Å². The van der Waals surface area contributed by atoms with Crippen LogP contribution in [0.4, 0.5) is 0 Å². The third kappa shape index (κ3) is 3.26. The molecule has 0 radical (unpaired) electrons. The summed E-state index contributed by atoms with van der Waals surface area (Å²) >= 11 is 0. The van der Waals surface area contributed by atoms with Crippen LogP contribution < -0.4 is 0 Å². The zero-order valence-corrected chi connectivity index (χ0v) is 12.3. The van der Waals surface area contributed by atoms with Gasteiger partial charge in [-0.15, -0.1) is 0 Å². The Morgan fingerprint density at radius 1 is 0.789 bits per heavy atom. The van der Waals surface area contributed by atoms with Crippen LogP contribution in [0, 0.1) is 5.41 Å². The van der Waals surface area contributed by atoms with Gasteiger partial charge in [-0.25, -0.2) is 0 Å². The summed E-state index contributed by atoms with van der Waals surface area (Å²) in [5.41, 5.74) is 3.12. The van der Waals surface area contributed by atoms with Crippen molar-refractivity contribution in [2.75, 3.05) is 0 Å². The van der Waals surface area contributed by atoms with Gasteiger partial charge in [0.25, 0.3) is 0 Å². The largest absolute Gasteiger partial charge is 0.0654 e. The Labute approximate surface area is 117 Å². The Bertz CT molecular complexity index is 442. The van der Waals surface area contributed by atoms with Crippen molar-refractivity contribution in [3.05, 3.63) is 71.8 Å². The molecule has 0 fully saturated rings. The van der Waals surface area contributed by atoms with Crippen LogP contribution in [0.3, 0.4) is 0 Å². The first-order valence-corrected chi connectivity index (χ1v) is 7.25. The van der Waals surface area contributed by atoms with Gasteiger partial charge in [0, 0.05) is 5.92 Å². The molecule has 0 heterocycles. The molecule has 0 bridgehead atoms. The highest BCUT2D eigenvalue weighted by Gasteiger charge is 2.30. The maximum Gasteiger partial charge on any atom is 0.0140 e. The van der Waals surface area contributed by atoms with Crippen molar-refractivity contribution in [3.63, 3.8) is 0 Å². The molecule has 0 aliphatic carbocycles. The van der Waals surface area contributed by atoms with Crippen molar-refractivity contribution < 1.29 is 0 Å². The highest BCUT2D eigenvalue weighted by molar-refractivity contribution is 5.34. The van der Waals surface area contributed by atoms with E-state index in [9.17, 15) is 0 Å². The minimum Gasteiger partial charge on any atom is -0.0654 e. The quantitative estimate of drug-likeness (QED) is 0.645. The van der Waals surface area contributed by atoms with Crippen molar-refractivity contribution in [2.45, 2.75) is 39.5 Å². The first-order valence-electron chi connectivity index (χ1n) is 7.25. The van der Waals surface area contributed by atoms with Gasteiger partial charge in [-0.3, -0.25) is 0 Å². The van der Waals surface area contributed by atoms with Gasteiger partial charge >= 0.3 is 0 Å². The third-order valence-electron chi connectivity index (χ3n) is 3.94. The average Bonchev–Trinajstić information content (AvgIpc) is 2.41. The number of benzene rings is 2. The molecule has 0 heteroatoms. The first kappa shape index (κ1) is 13.9. The second-order valence-electron chi connectivity index (χ2n) is 5.99. The molecule has 0 nitrogen and oxygen atoms in total. The molecule has 2 aromatic carbocycles. The van der Waals surface area contributed by atoms with Gasteiger partial charge < -0.3 is 0 Å². The Morgan fingerprint density at radius 2 is 1.21 bits per heavy atom. The minimum absolute atomic E-state index is 0.275. The van der Waals surface area contributed by atoms with E-state index in [0.29, 0.717) is 5.92 Å². The zero-order valence-electron chi connectivity index (χ0n) is 12.3. The monoisotopic (exact) mass is 252 g/mol. The molecule has 0 saturated carbocycles. The van der Waals surface area contributed by atoms with Crippen molar-refractivity contribution in [3.8, 4) is 0 Å². The molecule has 19 heavy (non-hydrogen) atoms. The summed E-state index contributed by atoms with van der Waals surface area (Å²) in [5, 5.41) is 0. The molecule has 0 aliphatic heterocycles. The number of hydrogen-bond acceptors (Lipinski definition) is 0. The molecular formula is C19H24. The summed E-state index contributed by atoms with van der Waals surface area (Å²) in [6.07, 6.45) is 2.46. The van der Waals surface area contributed by atoms with E-state index in [4.69, 9.17) is 0 Å². The molecule has 0 amide bonds. The first-order chi connectivity index (χ1) is 9.15. The molecule has 0 saturated heterocycles. The van der Waals surface area contributed by atoms with Crippen molar-refractivity contribution >= 4 is 0 Å². The van der Waals surface area contributed by atoms with E-state index in [0.717, 1.165) is 0 Å². The molecule has 0 N–H and O–H groups in total. The van der Waals surface area contributed by atoms with Gasteiger partial charge in [0.2, 0.25) is 0 Å². The van der Waals surface area contributed by atoms with Crippen LogP contribution in [0.2, 0.25) is 0 Å². The lowest BCUT2D eigenvalue weighted by molar-refractivity contribution is 0.288. The van der Waals surface area contributed by atoms with Crippen LogP contribution in [-0.4, -0.2) is 0 Å². The Morgan fingerprint density at radius 3 is 1.58 bits per heavy atom. The number of hydrogen-bond donors (Lipinski definition) is 0. The second kappa shape index (κ2) is 6.06. The van der Waals surface area contributed by atoms with Crippen molar-refractivity contribution in [2.24, 2.45) is 5.41 Å². The zero-order chi connectivity index (χ0) is 13.7. The molecule has 0 aliphatic rings. The molecular weight excluding hydrogens is 228 g/mol. The lowest BCUT2D eigenvalue weighted by Crippen LogP contribution is -2.23. The summed E-state index contributed by atoms with van der Waals surface area (Å²) < 4.78 is 0. The fourth-order valence-electron chi connectivity index (χ4n) is 3.17. The molecule has 0 unspecified atom stereocenters. The molecule has 0 atom stereocenters. The van der Waals surface area contributed by atoms with Crippen LogP contribution in [0.25, 0.3) is 0 Å². The third-order valence-corrected chi connectivity index (χ3v) is 3.94. The maximum absolute atomic E-state index is 2.39. The van der Waals surface area contributed by atoms with Gasteiger partial charge in [-0.1, -0.05) is 87.9 Å². The van der Waals surface area contributed by atoms with E-state index in [1.54, 1.807) is 0 Å². The van der Waals surface area contributed by atoms with Crippen LogP contribution in [0.15, 0.2) is 60.7 Å². The van der Waals surface area contributed by atoms with Crippen LogP contribution in [0.5, 0.6) is 0 Å². The summed E-state index contributed by atoms with van der Waals surface area (Å²) in [7, 11) is 0. The van der Waals surface area contributed by atoms with Gasteiger partial charge in [0.1, 0.15) is 0 Å². The van der Waals surface area contributed by atoms with Gasteiger partial charge in [-0.2, -0.15) is 0 Å². The standard InChI is InChI=1S/C19H24/c1-4-15-19(2,3)18(16-11-7-5-8-12-16)17-13-9-6-10-14-17/h5-14,18H,4,15H2,1-3H3. The predicted octanol–water partition coefficient (Wildman–Crippen LogP) is 5.64. The predicted molar refractivity (Wildman–Crippen MR) is 83.4 cm³/mol. The fourth-order valence-corrected chi connectivity index (χ4v) is 3.17. The SMILES string of the molecule is CCCC(C)(C)C(c1ccccc1)c1ccccc1. The van der Waals surface area contributed by atoms with Crippen LogP contribution in [-0.2, 0) is 0 Å². The topological polar surface area (TPSA) is 0 Å². The maximum atomic E-state index is 2.39. The van der Waals surface area contributed by atoms with E-state index in [2.05, 4.69) is 81.4 Å². The Balaban J connectivity index is 2.46. The van der Waals surface area contributed by atoms with Crippen molar-refractivity contribution in [1.29, 1.82) is 0 Å². The summed E-state index contributed by atoms with van der Waals surface area (Å²) in [6, 6.07) is 21.8. The average molecular weight is 252 g/mol.